The second-order valence-electron chi connectivity index (χ2n) is 8.78. The van der Waals surface area contributed by atoms with Crippen molar-refractivity contribution in [2.24, 2.45) is 5.41 Å². The standard InChI is InChI=1S/C23H21F4N3O3/c1-22(2,3)21(31)30-11-15-16(24)9-14(19-28-20(33-29-19)23(25,26)27)10-18(15)32-12-17(30)13-7-5-4-6-8-13/h4-10,17H,11-12H2,1-3H3/t17-/m1/s1. The topological polar surface area (TPSA) is 68.5 Å². The zero-order valence-electron chi connectivity index (χ0n) is 18.1. The van der Waals surface area contributed by atoms with Crippen LogP contribution in [0.3, 0.4) is 0 Å². The molecule has 6 nitrogen and oxygen atoms in total. The van der Waals surface area contributed by atoms with Gasteiger partial charge in [0, 0.05) is 16.5 Å². The highest BCUT2D eigenvalue weighted by atomic mass is 19.4. The van der Waals surface area contributed by atoms with Gasteiger partial charge in [-0.25, -0.2) is 4.39 Å². The van der Waals surface area contributed by atoms with Crippen LogP contribution < -0.4 is 4.74 Å². The highest BCUT2D eigenvalue weighted by Gasteiger charge is 2.39. The molecular weight excluding hydrogens is 442 g/mol. The minimum Gasteiger partial charge on any atom is -0.491 e. The minimum absolute atomic E-state index is 0.0295. The summed E-state index contributed by atoms with van der Waals surface area (Å²) in [6.07, 6.45) is -4.82. The third-order valence-corrected chi connectivity index (χ3v) is 5.27. The summed E-state index contributed by atoms with van der Waals surface area (Å²) in [5.74, 6) is -2.78. The van der Waals surface area contributed by atoms with Crippen molar-refractivity contribution in [2.45, 2.75) is 39.5 Å². The van der Waals surface area contributed by atoms with Crippen LogP contribution >= 0.6 is 0 Å². The lowest BCUT2D eigenvalue weighted by molar-refractivity contribution is -0.159. The van der Waals surface area contributed by atoms with Crippen LogP contribution in [-0.2, 0) is 17.5 Å². The number of halogens is 4. The van der Waals surface area contributed by atoms with Gasteiger partial charge in [-0.05, 0) is 17.7 Å². The quantitative estimate of drug-likeness (QED) is 0.476. The van der Waals surface area contributed by atoms with Gasteiger partial charge in [0.15, 0.2) is 0 Å². The van der Waals surface area contributed by atoms with E-state index in [9.17, 15) is 18.0 Å². The third kappa shape index (κ3) is 4.55. The van der Waals surface area contributed by atoms with Crippen LogP contribution in [0, 0.1) is 11.2 Å². The number of rotatable bonds is 2. The molecular formula is C23H21F4N3O3. The van der Waals surface area contributed by atoms with Gasteiger partial charge < -0.3 is 14.2 Å². The van der Waals surface area contributed by atoms with Gasteiger partial charge in [-0.15, -0.1) is 0 Å². The predicted molar refractivity (Wildman–Crippen MR) is 109 cm³/mol. The molecule has 1 atom stereocenters. The molecule has 0 fully saturated rings. The first-order valence-corrected chi connectivity index (χ1v) is 10.2. The van der Waals surface area contributed by atoms with Gasteiger partial charge in [-0.1, -0.05) is 56.3 Å². The summed E-state index contributed by atoms with van der Waals surface area (Å²) in [5, 5.41) is 3.31. The van der Waals surface area contributed by atoms with Gasteiger partial charge >= 0.3 is 12.1 Å². The Bertz CT molecular complexity index is 1170. The Kier molecular flexibility index (Phi) is 5.63. The lowest BCUT2D eigenvalue weighted by Gasteiger charge is -2.34. The van der Waals surface area contributed by atoms with Crippen LogP contribution in [0.2, 0.25) is 0 Å². The summed E-state index contributed by atoms with van der Waals surface area (Å²) in [4.78, 5) is 18.2. The SMILES string of the molecule is CC(C)(C)C(=O)N1Cc2c(F)cc(-c3noc(C(F)(F)F)n3)cc2OC[C@@H]1c1ccccc1. The number of hydrogen-bond donors (Lipinski definition) is 0. The van der Waals surface area contributed by atoms with Gasteiger partial charge in [-0.3, -0.25) is 4.79 Å². The fraction of sp³-hybridized carbons (Fsp3) is 0.348. The Morgan fingerprint density at radius 2 is 1.82 bits per heavy atom. The van der Waals surface area contributed by atoms with E-state index >= 15 is 4.39 Å². The van der Waals surface area contributed by atoms with Crippen molar-refractivity contribution in [2.75, 3.05) is 6.61 Å². The lowest BCUT2D eigenvalue weighted by atomic mass is 9.92. The number of carbonyl (C=O) groups is 1. The van der Waals surface area contributed by atoms with Crippen molar-refractivity contribution in [1.82, 2.24) is 15.0 Å². The van der Waals surface area contributed by atoms with Crippen molar-refractivity contribution in [3.05, 3.63) is 65.3 Å². The van der Waals surface area contributed by atoms with Gasteiger partial charge in [0.1, 0.15) is 18.2 Å². The summed E-state index contributed by atoms with van der Waals surface area (Å²) in [7, 11) is 0. The number of fused-ring (bicyclic) bond motifs is 1. The number of nitrogens with zero attached hydrogens (tertiary/aromatic N) is 3. The first kappa shape index (κ1) is 22.8. The van der Waals surface area contributed by atoms with Crippen LogP contribution in [0.25, 0.3) is 11.4 Å². The van der Waals surface area contributed by atoms with Crippen LogP contribution in [0.4, 0.5) is 17.6 Å². The molecule has 33 heavy (non-hydrogen) atoms. The Morgan fingerprint density at radius 3 is 2.42 bits per heavy atom. The van der Waals surface area contributed by atoms with Crippen molar-refractivity contribution in [1.29, 1.82) is 0 Å². The molecule has 0 bridgehead atoms. The maximum Gasteiger partial charge on any atom is 0.471 e. The second kappa shape index (κ2) is 8.17. The Balaban J connectivity index is 1.75. The molecule has 2 heterocycles. The first-order valence-electron chi connectivity index (χ1n) is 10.2. The average Bonchev–Trinajstić information content (AvgIpc) is 3.17. The number of ether oxygens (including phenoxy) is 1. The summed E-state index contributed by atoms with van der Waals surface area (Å²) < 4.78 is 63.7. The zero-order valence-corrected chi connectivity index (χ0v) is 18.1. The number of amides is 1. The molecule has 0 aliphatic carbocycles. The molecule has 0 N–H and O–H groups in total. The van der Waals surface area contributed by atoms with Gasteiger partial charge in [0.05, 0.1) is 12.6 Å². The van der Waals surface area contributed by atoms with Gasteiger partial charge in [-0.2, -0.15) is 18.2 Å². The van der Waals surface area contributed by atoms with Gasteiger partial charge in [0.2, 0.25) is 11.7 Å². The van der Waals surface area contributed by atoms with E-state index in [2.05, 4.69) is 14.7 Å². The molecule has 3 aromatic rings. The van der Waals surface area contributed by atoms with E-state index in [0.29, 0.717) is 0 Å². The van der Waals surface area contributed by atoms with E-state index in [-0.39, 0.29) is 35.9 Å². The van der Waals surface area contributed by atoms with Crippen molar-refractivity contribution < 1.29 is 31.6 Å². The molecule has 2 aromatic carbocycles. The summed E-state index contributed by atoms with van der Waals surface area (Å²) >= 11 is 0. The molecule has 0 saturated heterocycles. The minimum atomic E-state index is -4.82. The smallest absolute Gasteiger partial charge is 0.471 e. The fourth-order valence-corrected chi connectivity index (χ4v) is 3.61. The lowest BCUT2D eigenvalue weighted by Crippen LogP contribution is -2.42. The Labute approximate surface area is 187 Å². The van der Waals surface area contributed by atoms with Crippen molar-refractivity contribution in [3.8, 4) is 17.1 Å². The number of aromatic nitrogens is 2. The van der Waals surface area contributed by atoms with Gasteiger partial charge in [0.25, 0.3) is 0 Å². The molecule has 1 aromatic heterocycles. The van der Waals surface area contributed by atoms with Crippen LogP contribution in [0.1, 0.15) is 43.8 Å². The average molecular weight is 463 g/mol. The molecule has 1 amide bonds. The molecule has 4 rings (SSSR count). The largest absolute Gasteiger partial charge is 0.491 e. The molecule has 0 radical (unpaired) electrons. The number of alkyl halides is 3. The molecule has 174 valence electrons. The normalized spacial score (nSPS) is 16.7. The van der Waals surface area contributed by atoms with Crippen LogP contribution in [0.5, 0.6) is 5.75 Å². The van der Waals surface area contributed by atoms with Crippen molar-refractivity contribution >= 4 is 5.91 Å². The maximum atomic E-state index is 15.2. The zero-order chi connectivity index (χ0) is 24.0. The summed E-state index contributed by atoms with van der Waals surface area (Å²) in [6.45, 7) is 5.28. The highest BCUT2D eigenvalue weighted by molar-refractivity contribution is 5.82. The fourth-order valence-electron chi connectivity index (χ4n) is 3.61. The van der Waals surface area contributed by atoms with Crippen LogP contribution in [0.15, 0.2) is 47.0 Å². The maximum absolute atomic E-state index is 15.2. The van der Waals surface area contributed by atoms with E-state index in [1.807, 2.05) is 30.3 Å². The van der Waals surface area contributed by atoms with E-state index in [1.54, 1.807) is 25.7 Å². The van der Waals surface area contributed by atoms with E-state index in [0.717, 1.165) is 11.6 Å². The summed E-state index contributed by atoms with van der Waals surface area (Å²) in [6, 6.07) is 11.1. The van der Waals surface area contributed by atoms with Crippen molar-refractivity contribution in [3.63, 3.8) is 0 Å². The second-order valence-corrected chi connectivity index (χ2v) is 8.78. The Morgan fingerprint density at radius 1 is 1.12 bits per heavy atom. The van der Waals surface area contributed by atoms with E-state index < -0.39 is 35.2 Å². The monoisotopic (exact) mass is 463 g/mol. The first-order chi connectivity index (χ1) is 15.4. The van der Waals surface area contributed by atoms with Crippen LogP contribution in [-0.4, -0.2) is 27.6 Å². The predicted octanol–water partition coefficient (Wildman–Crippen LogP) is 5.40. The number of benzene rings is 2. The number of carbonyl (C=O) groups excluding carboxylic acids is 1. The molecule has 10 heteroatoms. The summed E-state index contributed by atoms with van der Waals surface area (Å²) in [5.41, 5.74) is 0.176. The molecule has 1 aliphatic heterocycles. The van der Waals surface area contributed by atoms with E-state index in [1.165, 1.54) is 6.07 Å². The highest BCUT2D eigenvalue weighted by Crippen LogP contribution is 2.38. The molecule has 0 unspecified atom stereocenters. The Hall–Kier alpha value is -3.43. The number of hydrogen-bond acceptors (Lipinski definition) is 5. The molecule has 0 saturated carbocycles. The van der Waals surface area contributed by atoms with E-state index in [4.69, 9.17) is 4.74 Å². The molecule has 1 aliphatic rings. The third-order valence-electron chi connectivity index (χ3n) is 5.27. The molecule has 0 spiro atoms.